The predicted octanol–water partition coefficient (Wildman–Crippen LogP) is 2.32. The van der Waals surface area contributed by atoms with Gasteiger partial charge in [0.05, 0.1) is 30.6 Å². The van der Waals surface area contributed by atoms with Gasteiger partial charge in [-0.25, -0.2) is 4.68 Å². The lowest BCUT2D eigenvalue weighted by Crippen LogP contribution is -2.04. The van der Waals surface area contributed by atoms with Gasteiger partial charge in [-0.2, -0.15) is 0 Å². The first kappa shape index (κ1) is 15.0. The minimum absolute atomic E-state index is 0.0562. The molecule has 2 rings (SSSR count). The largest absolute Gasteiger partial charge is 0.493 e. The molecule has 0 unspecified atom stereocenters. The highest BCUT2D eigenvalue weighted by molar-refractivity contribution is 5.66. The van der Waals surface area contributed by atoms with E-state index in [1.807, 2.05) is 24.3 Å². The van der Waals surface area contributed by atoms with Gasteiger partial charge in [0.15, 0.2) is 0 Å². The highest BCUT2D eigenvalue weighted by atomic mass is 16.5. The average Bonchev–Trinajstić information content (AvgIpc) is 2.92. The molecule has 1 N–H and O–H groups in total. The third-order valence-electron chi connectivity index (χ3n) is 2.82. The van der Waals surface area contributed by atoms with E-state index in [4.69, 9.17) is 9.84 Å². The molecule has 0 aliphatic heterocycles. The van der Waals surface area contributed by atoms with Crippen molar-refractivity contribution in [2.75, 3.05) is 6.61 Å². The number of benzene rings is 1. The predicted molar refractivity (Wildman–Crippen MR) is 77.6 cm³/mol. The van der Waals surface area contributed by atoms with E-state index in [1.165, 1.54) is 0 Å². The number of carbonyl (C=O) groups is 1. The van der Waals surface area contributed by atoms with Gasteiger partial charge >= 0.3 is 5.97 Å². The van der Waals surface area contributed by atoms with Crippen molar-refractivity contribution < 1.29 is 14.6 Å². The summed E-state index contributed by atoms with van der Waals surface area (Å²) < 4.78 is 7.25. The maximum Gasteiger partial charge on any atom is 0.303 e. The number of carboxylic acid groups (broad SMARTS) is 1. The van der Waals surface area contributed by atoms with E-state index in [0.29, 0.717) is 24.6 Å². The van der Waals surface area contributed by atoms with Crippen LogP contribution in [0, 0.1) is 5.92 Å². The van der Waals surface area contributed by atoms with E-state index in [2.05, 4.69) is 24.2 Å². The van der Waals surface area contributed by atoms with Crippen LogP contribution in [0.15, 0.2) is 30.5 Å². The van der Waals surface area contributed by atoms with Crippen LogP contribution in [0.3, 0.4) is 0 Å². The Morgan fingerprint density at radius 2 is 2.05 bits per heavy atom. The first-order valence-electron chi connectivity index (χ1n) is 6.91. The lowest BCUT2D eigenvalue weighted by molar-refractivity contribution is -0.136. The SMILES string of the molecule is CC(C)COc1ccc(-n2cc(CCC(=O)O)nn2)cc1. The fourth-order valence-electron chi connectivity index (χ4n) is 1.73. The van der Waals surface area contributed by atoms with Crippen LogP contribution in [0.25, 0.3) is 5.69 Å². The van der Waals surface area contributed by atoms with Crippen molar-refractivity contribution >= 4 is 5.97 Å². The van der Waals surface area contributed by atoms with Crippen molar-refractivity contribution in [2.24, 2.45) is 5.92 Å². The monoisotopic (exact) mass is 289 g/mol. The highest BCUT2D eigenvalue weighted by Gasteiger charge is 2.06. The molecular weight excluding hydrogens is 270 g/mol. The van der Waals surface area contributed by atoms with E-state index in [-0.39, 0.29) is 6.42 Å². The van der Waals surface area contributed by atoms with Crippen molar-refractivity contribution in [3.8, 4) is 11.4 Å². The Morgan fingerprint density at radius 3 is 2.67 bits per heavy atom. The van der Waals surface area contributed by atoms with Gasteiger partial charge in [-0.05, 0) is 30.2 Å². The fraction of sp³-hybridized carbons (Fsp3) is 0.400. The molecule has 0 fully saturated rings. The molecular formula is C15H19N3O3. The first-order chi connectivity index (χ1) is 10.0. The zero-order valence-electron chi connectivity index (χ0n) is 12.2. The number of aryl methyl sites for hydroxylation is 1. The number of rotatable bonds is 7. The van der Waals surface area contributed by atoms with Crippen LogP contribution in [0.2, 0.25) is 0 Å². The summed E-state index contributed by atoms with van der Waals surface area (Å²) in [6.45, 7) is 4.88. The van der Waals surface area contributed by atoms with E-state index < -0.39 is 5.97 Å². The number of nitrogens with zero attached hydrogens (tertiary/aromatic N) is 3. The normalized spacial score (nSPS) is 10.8. The Labute approximate surface area is 123 Å². The first-order valence-corrected chi connectivity index (χ1v) is 6.91. The van der Waals surface area contributed by atoms with Gasteiger partial charge in [0.2, 0.25) is 0 Å². The van der Waals surface area contributed by atoms with E-state index in [0.717, 1.165) is 11.4 Å². The van der Waals surface area contributed by atoms with Crippen LogP contribution in [-0.4, -0.2) is 32.7 Å². The van der Waals surface area contributed by atoms with Gasteiger partial charge in [-0.15, -0.1) is 5.10 Å². The summed E-state index contributed by atoms with van der Waals surface area (Å²) in [4.78, 5) is 10.5. The summed E-state index contributed by atoms with van der Waals surface area (Å²) in [6.07, 6.45) is 2.18. The Balaban J connectivity index is 2.00. The Kier molecular flexibility index (Phi) is 4.92. The molecule has 0 amide bonds. The van der Waals surface area contributed by atoms with E-state index in [1.54, 1.807) is 10.9 Å². The molecule has 0 saturated heterocycles. The van der Waals surface area contributed by atoms with Gasteiger partial charge in [-0.3, -0.25) is 4.79 Å². The van der Waals surface area contributed by atoms with E-state index >= 15 is 0 Å². The van der Waals surface area contributed by atoms with Crippen molar-refractivity contribution in [3.63, 3.8) is 0 Å². The molecule has 6 heteroatoms. The zero-order valence-corrected chi connectivity index (χ0v) is 12.2. The summed E-state index contributed by atoms with van der Waals surface area (Å²) in [6, 6.07) is 7.56. The smallest absolute Gasteiger partial charge is 0.303 e. The minimum atomic E-state index is -0.837. The Morgan fingerprint density at radius 1 is 1.33 bits per heavy atom. The van der Waals surface area contributed by atoms with Crippen LogP contribution in [0.5, 0.6) is 5.75 Å². The summed E-state index contributed by atoms with van der Waals surface area (Å²) >= 11 is 0. The quantitative estimate of drug-likeness (QED) is 0.846. The summed E-state index contributed by atoms with van der Waals surface area (Å²) in [5.41, 5.74) is 1.53. The molecule has 0 spiro atoms. The number of carboxylic acids is 1. The second kappa shape index (κ2) is 6.88. The molecule has 1 heterocycles. The summed E-state index contributed by atoms with van der Waals surface area (Å²) in [7, 11) is 0. The molecule has 21 heavy (non-hydrogen) atoms. The van der Waals surface area contributed by atoms with Crippen LogP contribution >= 0.6 is 0 Å². The maximum absolute atomic E-state index is 10.5. The second-order valence-corrected chi connectivity index (χ2v) is 5.25. The summed E-state index contributed by atoms with van der Waals surface area (Å²) in [5.74, 6) is 0.464. The molecule has 2 aromatic rings. The molecule has 6 nitrogen and oxygen atoms in total. The standard InChI is InChI=1S/C15H19N3O3/c1-11(2)10-21-14-6-4-13(5-7-14)18-9-12(16-17-18)3-8-15(19)20/h4-7,9,11H,3,8,10H2,1-2H3,(H,19,20). The van der Waals surface area contributed by atoms with Crippen molar-refractivity contribution in [3.05, 3.63) is 36.2 Å². The van der Waals surface area contributed by atoms with Crippen LogP contribution in [0.1, 0.15) is 26.0 Å². The van der Waals surface area contributed by atoms with Gasteiger partial charge in [0.25, 0.3) is 0 Å². The minimum Gasteiger partial charge on any atom is -0.493 e. The second-order valence-electron chi connectivity index (χ2n) is 5.25. The Hall–Kier alpha value is -2.37. The van der Waals surface area contributed by atoms with Crippen molar-refractivity contribution in [2.45, 2.75) is 26.7 Å². The van der Waals surface area contributed by atoms with Gasteiger partial charge in [-0.1, -0.05) is 19.1 Å². The van der Waals surface area contributed by atoms with Gasteiger partial charge in [0, 0.05) is 6.42 Å². The van der Waals surface area contributed by atoms with Crippen LogP contribution < -0.4 is 4.74 Å². The molecule has 112 valence electrons. The summed E-state index contributed by atoms with van der Waals surface area (Å²) in [5, 5.41) is 16.6. The molecule has 0 aliphatic rings. The van der Waals surface area contributed by atoms with Crippen LogP contribution in [0.4, 0.5) is 0 Å². The number of hydrogen-bond donors (Lipinski definition) is 1. The number of aliphatic carboxylic acids is 1. The molecule has 0 bridgehead atoms. The van der Waals surface area contributed by atoms with Crippen molar-refractivity contribution in [1.82, 2.24) is 15.0 Å². The molecule has 0 aliphatic carbocycles. The zero-order chi connectivity index (χ0) is 15.2. The van der Waals surface area contributed by atoms with Gasteiger partial charge < -0.3 is 9.84 Å². The average molecular weight is 289 g/mol. The molecule has 0 atom stereocenters. The lowest BCUT2D eigenvalue weighted by Gasteiger charge is -2.09. The molecule has 1 aromatic heterocycles. The topological polar surface area (TPSA) is 77.2 Å². The van der Waals surface area contributed by atoms with Crippen LogP contribution in [-0.2, 0) is 11.2 Å². The number of hydrogen-bond acceptors (Lipinski definition) is 4. The van der Waals surface area contributed by atoms with Gasteiger partial charge in [0.1, 0.15) is 5.75 Å². The highest BCUT2D eigenvalue weighted by Crippen LogP contribution is 2.15. The third kappa shape index (κ3) is 4.59. The number of aromatic nitrogens is 3. The molecule has 0 saturated carbocycles. The maximum atomic E-state index is 10.5. The van der Waals surface area contributed by atoms with Crippen molar-refractivity contribution in [1.29, 1.82) is 0 Å². The lowest BCUT2D eigenvalue weighted by atomic mass is 10.2. The fourth-order valence-corrected chi connectivity index (χ4v) is 1.73. The Bertz CT molecular complexity index is 590. The molecule has 0 radical (unpaired) electrons. The van der Waals surface area contributed by atoms with E-state index in [9.17, 15) is 4.79 Å². The number of ether oxygens (including phenoxy) is 1. The molecule has 1 aromatic carbocycles. The third-order valence-corrected chi connectivity index (χ3v) is 2.82.